The minimum Gasteiger partial charge on any atom is -0.381 e. The highest BCUT2D eigenvalue weighted by Crippen LogP contribution is 2.03. The van der Waals surface area contributed by atoms with Crippen LogP contribution in [0.5, 0.6) is 0 Å². The molecule has 0 aromatic carbocycles. The van der Waals surface area contributed by atoms with E-state index >= 15 is 0 Å². The van der Waals surface area contributed by atoms with Crippen LogP contribution in [-0.4, -0.2) is 25.8 Å². The summed E-state index contributed by atoms with van der Waals surface area (Å²) in [4.78, 5) is 0. The summed E-state index contributed by atoms with van der Waals surface area (Å²) < 4.78 is 5.53. The van der Waals surface area contributed by atoms with Crippen molar-refractivity contribution < 1.29 is 4.74 Å². The van der Waals surface area contributed by atoms with E-state index in [1.807, 2.05) is 0 Å². The van der Waals surface area contributed by atoms with Crippen LogP contribution in [-0.2, 0) is 4.74 Å². The summed E-state index contributed by atoms with van der Waals surface area (Å²) in [6.07, 6.45) is 8.79. The van der Waals surface area contributed by atoms with Gasteiger partial charge in [-0.1, -0.05) is 40.0 Å². The molecule has 0 radical (unpaired) electrons. The number of hydrogen-bond acceptors (Lipinski definition) is 2. The standard InChI is InChI=1S/C14H31NO/c1-4-7-10-14(6-3)15-11-9-13-16-12-8-5-2/h14-15H,4-13H2,1-3H3. The Balaban J connectivity index is 3.20. The highest BCUT2D eigenvalue weighted by molar-refractivity contribution is 4.64. The van der Waals surface area contributed by atoms with Crippen molar-refractivity contribution in [3.8, 4) is 0 Å². The average molecular weight is 229 g/mol. The summed E-state index contributed by atoms with van der Waals surface area (Å²) in [5.74, 6) is 0. The molecule has 0 aliphatic carbocycles. The van der Waals surface area contributed by atoms with Crippen LogP contribution in [0.1, 0.15) is 65.7 Å². The molecular formula is C14H31NO. The number of hydrogen-bond donors (Lipinski definition) is 1. The maximum Gasteiger partial charge on any atom is 0.0478 e. The quantitative estimate of drug-likeness (QED) is 0.515. The van der Waals surface area contributed by atoms with Crippen LogP contribution in [0, 0.1) is 0 Å². The molecule has 0 bridgehead atoms. The Bertz CT molecular complexity index is 128. The van der Waals surface area contributed by atoms with Crippen molar-refractivity contribution in [1.82, 2.24) is 5.32 Å². The van der Waals surface area contributed by atoms with E-state index in [0.29, 0.717) is 0 Å². The lowest BCUT2D eigenvalue weighted by atomic mass is 10.1. The van der Waals surface area contributed by atoms with E-state index in [0.717, 1.165) is 32.2 Å². The van der Waals surface area contributed by atoms with Gasteiger partial charge in [0.2, 0.25) is 0 Å². The zero-order valence-corrected chi connectivity index (χ0v) is 11.6. The topological polar surface area (TPSA) is 21.3 Å². The summed E-state index contributed by atoms with van der Waals surface area (Å²) >= 11 is 0. The van der Waals surface area contributed by atoms with Crippen LogP contribution >= 0.6 is 0 Å². The van der Waals surface area contributed by atoms with Crippen molar-refractivity contribution in [3.63, 3.8) is 0 Å². The van der Waals surface area contributed by atoms with Crippen molar-refractivity contribution in [2.24, 2.45) is 0 Å². The number of rotatable bonds is 12. The van der Waals surface area contributed by atoms with Crippen molar-refractivity contribution in [3.05, 3.63) is 0 Å². The zero-order chi connectivity index (χ0) is 12.1. The van der Waals surface area contributed by atoms with Gasteiger partial charge in [-0.25, -0.2) is 0 Å². The zero-order valence-electron chi connectivity index (χ0n) is 11.6. The molecule has 0 aromatic heterocycles. The predicted octanol–water partition coefficient (Wildman–Crippen LogP) is 3.75. The van der Waals surface area contributed by atoms with E-state index in [2.05, 4.69) is 26.1 Å². The lowest BCUT2D eigenvalue weighted by Crippen LogP contribution is -2.29. The number of nitrogens with one attached hydrogen (secondary N) is 1. The number of unbranched alkanes of at least 4 members (excludes halogenated alkanes) is 2. The van der Waals surface area contributed by atoms with E-state index in [1.165, 1.54) is 38.5 Å². The SMILES string of the molecule is CCCCOCCCNC(CC)CCCC. The molecule has 0 aliphatic rings. The fourth-order valence-electron chi connectivity index (χ4n) is 1.73. The minimum absolute atomic E-state index is 0.718. The predicted molar refractivity (Wildman–Crippen MR) is 72.0 cm³/mol. The molecule has 0 spiro atoms. The van der Waals surface area contributed by atoms with Gasteiger partial charge in [0, 0.05) is 19.3 Å². The third kappa shape index (κ3) is 10.4. The fraction of sp³-hybridized carbons (Fsp3) is 1.00. The van der Waals surface area contributed by atoms with Gasteiger partial charge in [-0.15, -0.1) is 0 Å². The second-order valence-electron chi connectivity index (χ2n) is 4.52. The second kappa shape index (κ2) is 13.0. The van der Waals surface area contributed by atoms with Crippen LogP contribution in [0.2, 0.25) is 0 Å². The van der Waals surface area contributed by atoms with Gasteiger partial charge < -0.3 is 10.1 Å². The molecule has 0 aromatic rings. The average Bonchev–Trinajstić information content (AvgIpc) is 2.32. The van der Waals surface area contributed by atoms with Gasteiger partial charge in [0.1, 0.15) is 0 Å². The molecule has 0 rings (SSSR count). The summed E-state index contributed by atoms with van der Waals surface area (Å²) in [6.45, 7) is 9.68. The highest BCUT2D eigenvalue weighted by Gasteiger charge is 2.03. The summed E-state index contributed by atoms with van der Waals surface area (Å²) in [5.41, 5.74) is 0. The first kappa shape index (κ1) is 15.9. The molecular weight excluding hydrogens is 198 g/mol. The van der Waals surface area contributed by atoms with E-state index in [1.54, 1.807) is 0 Å². The maximum absolute atomic E-state index is 5.53. The Labute approximate surface area is 102 Å². The highest BCUT2D eigenvalue weighted by atomic mass is 16.5. The largest absolute Gasteiger partial charge is 0.381 e. The smallest absolute Gasteiger partial charge is 0.0478 e. The van der Waals surface area contributed by atoms with Gasteiger partial charge in [-0.2, -0.15) is 0 Å². The number of ether oxygens (including phenoxy) is 1. The van der Waals surface area contributed by atoms with Gasteiger partial charge in [0.25, 0.3) is 0 Å². The molecule has 0 fully saturated rings. The monoisotopic (exact) mass is 229 g/mol. The van der Waals surface area contributed by atoms with Crippen molar-refractivity contribution in [1.29, 1.82) is 0 Å². The summed E-state index contributed by atoms with van der Waals surface area (Å²) in [5, 5.41) is 3.62. The molecule has 0 amide bonds. The van der Waals surface area contributed by atoms with Crippen molar-refractivity contribution >= 4 is 0 Å². The van der Waals surface area contributed by atoms with Gasteiger partial charge in [-0.05, 0) is 32.2 Å². The second-order valence-corrected chi connectivity index (χ2v) is 4.52. The normalized spacial score (nSPS) is 12.9. The summed E-state index contributed by atoms with van der Waals surface area (Å²) in [6, 6.07) is 0.718. The van der Waals surface area contributed by atoms with E-state index in [4.69, 9.17) is 4.74 Å². The lowest BCUT2D eigenvalue weighted by molar-refractivity contribution is 0.128. The fourth-order valence-corrected chi connectivity index (χ4v) is 1.73. The third-order valence-electron chi connectivity index (χ3n) is 2.94. The van der Waals surface area contributed by atoms with Crippen molar-refractivity contribution in [2.45, 2.75) is 71.8 Å². The first-order valence-electron chi connectivity index (χ1n) is 7.16. The molecule has 2 nitrogen and oxygen atoms in total. The van der Waals surface area contributed by atoms with E-state index in [9.17, 15) is 0 Å². The molecule has 98 valence electrons. The Morgan fingerprint density at radius 2 is 1.62 bits per heavy atom. The van der Waals surface area contributed by atoms with Crippen LogP contribution in [0.3, 0.4) is 0 Å². The first-order chi connectivity index (χ1) is 7.85. The van der Waals surface area contributed by atoms with E-state index < -0.39 is 0 Å². The Kier molecular flexibility index (Phi) is 12.9. The Morgan fingerprint density at radius 1 is 0.938 bits per heavy atom. The van der Waals surface area contributed by atoms with Crippen LogP contribution < -0.4 is 5.32 Å². The molecule has 2 heteroatoms. The van der Waals surface area contributed by atoms with Crippen LogP contribution in [0.4, 0.5) is 0 Å². The van der Waals surface area contributed by atoms with Gasteiger partial charge in [0.05, 0.1) is 0 Å². The molecule has 1 atom stereocenters. The molecule has 0 aliphatic heterocycles. The molecule has 16 heavy (non-hydrogen) atoms. The van der Waals surface area contributed by atoms with Gasteiger partial charge in [-0.3, -0.25) is 0 Å². The molecule has 0 saturated heterocycles. The van der Waals surface area contributed by atoms with Crippen LogP contribution in [0.25, 0.3) is 0 Å². The van der Waals surface area contributed by atoms with E-state index in [-0.39, 0.29) is 0 Å². The van der Waals surface area contributed by atoms with Crippen LogP contribution in [0.15, 0.2) is 0 Å². The minimum atomic E-state index is 0.718. The maximum atomic E-state index is 5.53. The molecule has 0 heterocycles. The molecule has 0 saturated carbocycles. The van der Waals surface area contributed by atoms with Crippen molar-refractivity contribution in [2.75, 3.05) is 19.8 Å². The Hall–Kier alpha value is -0.0800. The first-order valence-corrected chi connectivity index (χ1v) is 7.16. The lowest BCUT2D eigenvalue weighted by Gasteiger charge is -2.16. The van der Waals surface area contributed by atoms with Gasteiger partial charge >= 0.3 is 0 Å². The Morgan fingerprint density at radius 3 is 2.25 bits per heavy atom. The molecule has 1 unspecified atom stereocenters. The summed E-state index contributed by atoms with van der Waals surface area (Å²) in [7, 11) is 0. The van der Waals surface area contributed by atoms with Gasteiger partial charge in [0.15, 0.2) is 0 Å². The molecule has 1 N–H and O–H groups in total. The third-order valence-corrected chi connectivity index (χ3v) is 2.94.